The predicted octanol–water partition coefficient (Wildman–Crippen LogP) is 1.14. The maximum Gasteiger partial charge on any atom is 0.258 e. The second kappa shape index (κ2) is 9.83. The van der Waals surface area contributed by atoms with Crippen molar-refractivity contribution in [3.05, 3.63) is 54.1 Å². The molecule has 0 unspecified atom stereocenters. The first-order chi connectivity index (χ1) is 12.9. The van der Waals surface area contributed by atoms with E-state index < -0.39 is 0 Å². The zero-order chi connectivity index (χ0) is 19.8. The van der Waals surface area contributed by atoms with Crippen molar-refractivity contribution in [3.63, 3.8) is 0 Å². The smallest absolute Gasteiger partial charge is 0.258 e. The van der Waals surface area contributed by atoms with Crippen LogP contribution in [0.5, 0.6) is 11.5 Å². The molecule has 0 aliphatic carbocycles. The van der Waals surface area contributed by atoms with Crippen LogP contribution in [0.3, 0.4) is 0 Å². The minimum Gasteiger partial charge on any atom is -0.497 e. The Morgan fingerprint density at radius 1 is 1.04 bits per heavy atom. The van der Waals surface area contributed by atoms with Crippen LogP contribution in [-0.2, 0) is 4.79 Å². The van der Waals surface area contributed by atoms with Gasteiger partial charge in [-0.2, -0.15) is 0 Å². The van der Waals surface area contributed by atoms with Gasteiger partial charge < -0.3 is 24.6 Å². The Balaban J connectivity index is 1.87. The molecule has 27 heavy (non-hydrogen) atoms. The quantitative estimate of drug-likeness (QED) is 0.693. The van der Waals surface area contributed by atoms with Gasteiger partial charge in [-0.1, -0.05) is 12.1 Å². The Kier molecular flexibility index (Phi) is 7.49. The van der Waals surface area contributed by atoms with Gasteiger partial charge in [0.2, 0.25) is 0 Å². The number of nitrogens with zero attached hydrogens (tertiary/aromatic N) is 1. The summed E-state index contributed by atoms with van der Waals surface area (Å²) >= 11 is 0. The molecule has 0 heterocycles. The fraction of sp³-hybridized carbons (Fsp3) is 0.381. The highest BCUT2D eigenvalue weighted by Gasteiger charge is 2.19. The van der Waals surface area contributed by atoms with E-state index in [4.69, 9.17) is 9.47 Å². The number of ether oxygens (including phenoxy) is 2. The van der Waals surface area contributed by atoms with Crippen molar-refractivity contribution >= 4 is 11.6 Å². The maximum absolute atomic E-state index is 12.2. The molecule has 6 nitrogen and oxygen atoms in total. The highest BCUT2D eigenvalue weighted by Crippen LogP contribution is 2.17. The normalized spacial score (nSPS) is 11.8. The number of hydrogen-bond acceptors (Lipinski definition) is 4. The molecule has 2 rings (SSSR count). The van der Waals surface area contributed by atoms with Crippen molar-refractivity contribution in [3.8, 4) is 11.5 Å². The maximum atomic E-state index is 12.2. The van der Waals surface area contributed by atoms with Crippen LogP contribution in [-0.4, -0.2) is 54.4 Å². The van der Waals surface area contributed by atoms with E-state index in [9.17, 15) is 4.79 Å². The van der Waals surface area contributed by atoms with Crippen LogP contribution >= 0.6 is 0 Å². The van der Waals surface area contributed by atoms with E-state index in [1.54, 1.807) is 31.4 Å². The SMILES string of the molecule is COc1ccc(OCC(=O)NC[C@@H](c2ccc(N(C)C)cc2)[NH+](C)C)cc1. The molecule has 1 amide bonds. The summed E-state index contributed by atoms with van der Waals surface area (Å²) in [5.74, 6) is 1.26. The Hall–Kier alpha value is -2.73. The van der Waals surface area contributed by atoms with E-state index in [1.165, 1.54) is 10.5 Å². The number of amides is 1. The monoisotopic (exact) mass is 372 g/mol. The molecule has 0 aliphatic rings. The van der Waals surface area contributed by atoms with E-state index >= 15 is 0 Å². The summed E-state index contributed by atoms with van der Waals surface area (Å²) in [6.07, 6.45) is 0. The van der Waals surface area contributed by atoms with Crippen molar-refractivity contribution in [2.24, 2.45) is 0 Å². The van der Waals surface area contributed by atoms with Gasteiger partial charge in [-0.05, 0) is 36.4 Å². The van der Waals surface area contributed by atoms with Gasteiger partial charge in [0, 0.05) is 25.3 Å². The number of carbonyl (C=O) groups excluding carboxylic acids is 1. The number of carbonyl (C=O) groups is 1. The van der Waals surface area contributed by atoms with Crippen LogP contribution in [0.1, 0.15) is 11.6 Å². The molecule has 0 radical (unpaired) electrons. The first-order valence-electron chi connectivity index (χ1n) is 9.01. The van der Waals surface area contributed by atoms with E-state index in [0.717, 1.165) is 11.4 Å². The summed E-state index contributed by atoms with van der Waals surface area (Å²) < 4.78 is 10.6. The summed E-state index contributed by atoms with van der Waals surface area (Å²) in [7, 11) is 9.83. The van der Waals surface area contributed by atoms with Gasteiger partial charge in [0.25, 0.3) is 5.91 Å². The zero-order valence-corrected chi connectivity index (χ0v) is 16.8. The number of rotatable bonds is 9. The first kappa shape index (κ1) is 20.6. The number of methoxy groups -OCH3 is 1. The highest BCUT2D eigenvalue weighted by atomic mass is 16.5. The second-order valence-electron chi connectivity index (χ2n) is 6.88. The summed E-state index contributed by atoms with van der Waals surface area (Å²) in [5.41, 5.74) is 2.35. The molecule has 0 aliphatic heterocycles. The van der Waals surface area contributed by atoms with Crippen LogP contribution in [0.4, 0.5) is 5.69 Å². The lowest BCUT2D eigenvalue weighted by Gasteiger charge is -2.23. The number of anilines is 1. The van der Waals surface area contributed by atoms with Gasteiger partial charge in [0.05, 0.1) is 27.7 Å². The number of nitrogens with one attached hydrogen (secondary N) is 2. The van der Waals surface area contributed by atoms with E-state index in [-0.39, 0.29) is 18.6 Å². The topological polar surface area (TPSA) is 55.2 Å². The van der Waals surface area contributed by atoms with E-state index in [1.807, 2.05) is 14.1 Å². The van der Waals surface area contributed by atoms with Crippen molar-refractivity contribution in [2.75, 3.05) is 53.4 Å². The Morgan fingerprint density at radius 2 is 1.63 bits per heavy atom. The third-order valence-electron chi connectivity index (χ3n) is 4.44. The predicted molar refractivity (Wildman–Crippen MR) is 108 cm³/mol. The molecule has 2 aromatic rings. The number of quaternary nitrogens is 1. The number of hydrogen-bond donors (Lipinski definition) is 2. The van der Waals surface area contributed by atoms with Crippen LogP contribution in [0.2, 0.25) is 0 Å². The van der Waals surface area contributed by atoms with Crippen LogP contribution in [0.15, 0.2) is 48.5 Å². The molecule has 1 atom stereocenters. The second-order valence-corrected chi connectivity index (χ2v) is 6.88. The summed E-state index contributed by atoms with van der Waals surface area (Å²) in [6.45, 7) is 0.538. The molecule has 0 saturated carbocycles. The third-order valence-corrected chi connectivity index (χ3v) is 4.44. The van der Waals surface area contributed by atoms with Gasteiger partial charge >= 0.3 is 0 Å². The Bertz CT molecular complexity index is 712. The van der Waals surface area contributed by atoms with E-state index in [2.05, 4.69) is 48.6 Å². The lowest BCUT2D eigenvalue weighted by Crippen LogP contribution is -3.07. The van der Waals surface area contributed by atoms with Crippen molar-refractivity contribution in [2.45, 2.75) is 6.04 Å². The summed E-state index contributed by atoms with van der Waals surface area (Å²) in [5, 5.41) is 2.97. The summed E-state index contributed by atoms with van der Waals surface area (Å²) in [4.78, 5) is 15.5. The standard InChI is InChI=1S/C21H29N3O3/c1-23(2)17-8-6-16(7-9-17)20(24(3)4)14-22-21(25)15-27-19-12-10-18(26-5)11-13-19/h6-13,20H,14-15H2,1-5H3,(H,22,25)/p+1/t20-/m0/s1. The molecule has 0 saturated heterocycles. The molecule has 2 aromatic carbocycles. The summed E-state index contributed by atoms with van der Waals surface area (Å²) in [6, 6.07) is 15.8. The molecule has 0 aromatic heterocycles. The van der Waals surface area contributed by atoms with Crippen LogP contribution in [0, 0.1) is 0 Å². The van der Waals surface area contributed by atoms with Gasteiger partial charge in [-0.3, -0.25) is 4.79 Å². The molecule has 0 fully saturated rings. The van der Waals surface area contributed by atoms with E-state index in [0.29, 0.717) is 12.3 Å². The average molecular weight is 372 g/mol. The first-order valence-corrected chi connectivity index (χ1v) is 9.01. The van der Waals surface area contributed by atoms with Crippen molar-refractivity contribution in [1.82, 2.24) is 5.32 Å². The Labute approximate surface area is 161 Å². The van der Waals surface area contributed by atoms with Gasteiger partial charge in [-0.15, -0.1) is 0 Å². The largest absolute Gasteiger partial charge is 0.497 e. The van der Waals surface area contributed by atoms with Gasteiger partial charge in [0.15, 0.2) is 6.61 Å². The average Bonchev–Trinajstić information content (AvgIpc) is 2.67. The molecule has 2 N–H and O–H groups in total. The Morgan fingerprint density at radius 3 is 2.15 bits per heavy atom. The van der Waals surface area contributed by atoms with Gasteiger partial charge in [-0.25, -0.2) is 0 Å². The minimum atomic E-state index is -0.137. The van der Waals surface area contributed by atoms with Gasteiger partial charge in [0.1, 0.15) is 17.5 Å². The molecule has 0 spiro atoms. The van der Waals surface area contributed by atoms with Crippen LogP contribution < -0.4 is 24.6 Å². The fourth-order valence-corrected chi connectivity index (χ4v) is 2.75. The third kappa shape index (κ3) is 6.18. The molecular formula is C21H30N3O3+. The molecule has 146 valence electrons. The fourth-order valence-electron chi connectivity index (χ4n) is 2.75. The molecular weight excluding hydrogens is 342 g/mol. The number of likely N-dealkylation sites (N-methyl/N-ethyl adjacent to an activating group) is 1. The minimum absolute atomic E-state index is 0.0125. The van der Waals surface area contributed by atoms with Crippen molar-refractivity contribution in [1.29, 1.82) is 0 Å². The highest BCUT2D eigenvalue weighted by molar-refractivity contribution is 5.77. The lowest BCUT2D eigenvalue weighted by molar-refractivity contribution is -0.890. The lowest BCUT2D eigenvalue weighted by atomic mass is 10.1. The molecule has 6 heteroatoms. The van der Waals surface area contributed by atoms with Crippen LogP contribution in [0.25, 0.3) is 0 Å². The zero-order valence-electron chi connectivity index (χ0n) is 16.8. The number of benzene rings is 2. The van der Waals surface area contributed by atoms with Crippen molar-refractivity contribution < 1.29 is 19.2 Å². The molecule has 0 bridgehead atoms.